The molecule has 18 heavy (non-hydrogen) atoms. The molecule has 100 valence electrons. The van der Waals surface area contributed by atoms with Crippen LogP contribution in [0.3, 0.4) is 0 Å². The van der Waals surface area contributed by atoms with Gasteiger partial charge in [0, 0.05) is 24.4 Å². The second kappa shape index (κ2) is 6.95. The van der Waals surface area contributed by atoms with Crippen LogP contribution in [-0.2, 0) is 9.53 Å². The van der Waals surface area contributed by atoms with Crippen LogP contribution in [0.5, 0.6) is 0 Å². The summed E-state index contributed by atoms with van der Waals surface area (Å²) >= 11 is 1.30. The van der Waals surface area contributed by atoms with Gasteiger partial charge in [-0.3, -0.25) is 4.79 Å². The molecule has 0 aliphatic heterocycles. The molecule has 0 aliphatic rings. The SMILES string of the molecule is COC(=O)c1csc(NCCC(=O)NC(C)C)n1. The number of esters is 1. The second-order valence-corrected chi connectivity index (χ2v) is 4.79. The van der Waals surface area contributed by atoms with E-state index in [1.54, 1.807) is 5.38 Å². The molecule has 1 aromatic rings. The van der Waals surface area contributed by atoms with Crippen LogP contribution in [0.4, 0.5) is 5.13 Å². The Morgan fingerprint density at radius 1 is 1.50 bits per heavy atom. The maximum Gasteiger partial charge on any atom is 0.357 e. The number of hydrogen-bond donors (Lipinski definition) is 2. The Morgan fingerprint density at radius 2 is 2.22 bits per heavy atom. The predicted octanol–water partition coefficient (Wildman–Crippen LogP) is 1.26. The minimum absolute atomic E-state index is 0.0118. The zero-order valence-corrected chi connectivity index (χ0v) is 11.5. The van der Waals surface area contributed by atoms with Gasteiger partial charge in [0.25, 0.3) is 0 Å². The third-order valence-electron chi connectivity index (χ3n) is 1.98. The van der Waals surface area contributed by atoms with Gasteiger partial charge in [-0.15, -0.1) is 11.3 Å². The summed E-state index contributed by atoms with van der Waals surface area (Å²) in [5.41, 5.74) is 0.275. The van der Waals surface area contributed by atoms with E-state index in [0.29, 0.717) is 18.1 Å². The van der Waals surface area contributed by atoms with Gasteiger partial charge in [-0.1, -0.05) is 0 Å². The molecular weight excluding hydrogens is 254 g/mol. The highest BCUT2D eigenvalue weighted by atomic mass is 32.1. The molecule has 0 aliphatic carbocycles. The number of ether oxygens (including phenoxy) is 1. The van der Waals surface area contributed by atoms with Crippen LogP contribution in [0.25, 0.3) is 0 Å². The first-order chi connectivity index (χ1) is 8.52. The molecule has 0 unspecified atom stereocenters. The number of hydrogen-bond acceptors (Lipinski definition) is 6. The minimum Gasteiger partial charge on any atom is -0.464 e. The molecule has 0 saturated heterocycles. The highest BCUT2D eigenvalue weighted by Crippen LogP contribution is 2.15. The number of carbonyl (C=O) groups excluding carboxylic acids is 2. The normalized spacial score (nSPS) is 10.2. The van der Waals surface area contributed by atoms with Crippen molar-refractivity contribution < 1.29 is 14.3 Å². The lowest BCUT2D eigenvalue weighted by Crippen LogP contribution is -2.31. The summed E-state index contributed by atoms with van der Waals surface area (Å²) < 4.78 is 4.55. The number of anilines is 1. The van der Waals surface area contributed by atoms with Gasteiger partial charge in [0.2, 0.25) is 5.91 Å². The van der Waals surface area contributed by atoms with E-state index in [1.165, 1.54) is 18.4 Å². The first-order valence-electron chi connectivity index (χ1n) is 5.60. The summed E-state index contributed by atoms with van der Waals surface area (Å²) in [6.45, 7) is 4.30. The number of aromatic nitrogens is 1. The van der Waals surface area contributed by atoms with Crippen molar-refractivity contribution in [3.8, 4) is 0 Å². The first-order valence-corrected chi connectivity index (χ1v) is 6.48. The van der Waals surface area contributed by atoms with Crippen LogP contribution in [0.15, 0.2) is 5.38 Å². The second-order valence-electron chi connectivity index (χ2n) is 3.93. The highest BCUT2D eigenvalue weighted by Gasteiger charge is 2.10. The number of rotatable bonds is 6. The molecule has 0 aromatic carbocycles. The maximum atomic E-state index is 11.4. The van der Waals surface area contributed by atoms with E-state index in [9.17, 15) is 9.59 Å². The van der Waals surface area contributed by atoms with E-state index < -0.39 is 5.97 Å². The van der Waals surface area contributed by atoms with E-state index >= 15 is 0 Å². The molecule has 2 N–H and O–H groups in total. The van der Waals surface area contributed by atoms with Gasteiger partial charge in [0.1, 0.15) is 0 Å². The summed E-state index contributed by atoms with van der Waals surface area (Å²) in [5.74, 6) is -0.473. The monoisotopic (exact) mass is 271 g/mol. The molecule has 0 fully saturated rings. The average molecular weight is 271 g/mol. The topological polar surface area (TPSA) is 80.3 Å². The van der Waals surface area contributed by atoms with Crippen molar-refractivity contribution in [2.75, 3.05) is 19.0 Å². The van der Waals surface area contributed by atoms with Gasteiger partial charge in [0.15, 0.2) is 10.8 Å². The molecule has 1 aromatic heterocycles. The highest BCUT2D eigenvalue weighted by molar-refractivity contribution is 7.13. The van der Waals surface area contributed by atoms with Gasteiger partial charge < -0.3 is 15.4 Å². The van der Waals surface area contributed by atoms with Crippen molar-refractivity contribution in [3.63, 3.8) is 0 Å². The van der Waals surface area contributed by atoms with Gasteiger partial charge in [-0.05, 0) is 13.8 Å². The van der Waals surface area contributed by atoms with Crippen LogP contribution in [0.2, 0.25) is 0 Å². The third kappa shape index (κ3) is 4.70. The molecule has 0 atom stereocenters. The van der Waals surface area contributed by atoms with Crippen molar-refractivity contribution in [3.05, 3.63) is 11.1 Å². The van der Waals surface area contributed by atoms with E-state index in [2.05, 4.69) is 20.4 Å². The molecule has 0 saturated carbocycles. The largest absolute Gasteiger partial charge is 0.464 e. The predicted molar refractivity (Wildman–Crippen MR) is 69.8 cm³/mol. The molecule has 1 heterocycles. The number of nitrogens with one attached hydrogen (secondary N) is 2. The Bertz CT molecular complexity index is 417. The first kappa shape index (κ1) is 14.4. The summed E-state index contributed by atoms with van der Waals surface area (Å²) in [6.07, 6.45) is 0.366. The van der Waals surface area contributed by atoms with Gasteiger partial charge in [0.05, 0.1) is 7.11 Å². The summed E-state index contributed by atoms with van der Waals surface area (Å²) in [7, 11) is 1.31. The fraction of sp³-hybridized carbons (Fsp3) is 0.545. The Kier molecular flexibility index (Phi) is 5.57. The lowest BCUT2D eigenvalue weighted by molar-refractivity contribution is -0.121. The van der Waals surface area contributed by atoms with Crippen molar-refractivity contribution in [2.24, 2.45) is 0 Å². The van der Waals surface area contributed by atoms with Crippen LogP contribution in [0, 0.1) is 0 Å². The molecule has 6 nitrogen and oxygen atoms in total. The Morgan fingerprint density at radius 3 is 2.83 bits per heavy atom. The van der Waals surface area contributed by atoms with Crippen LogP contribution >= 0.6 is 11.3 Å². The number of methoxy groups -OCH3 is 1. The number of nitrogens with zero attached hydrogens (tertiary/aromatic N) is 1. The molecule has 1 amide bonds. The zero-order chi connectivity index (χ0) is 13.5. The van der Waals surface area contributed by atoms with E-state index in [1.807, 2.05) is 13.8 Å². The van der Waals surface area contributed by atoms with Crippen LogP contribution < -0.4 is 10.6 Å². The smallest absolute Gasteiger partial charge is 0.357 e. The summed E-state index contributed by atoms with van der Waals surface area (Å²) in [5, 5.41) is 8.00. The zero-order valence-electron chi connectivity index (χ0n) is 10.6. The maximum absolute atomic E-state index is 11.4. The fourth-order valence-corrected chi connectivity index (χ4v) is 1.94. The lowest BCUT2D eigenvalue weighted by Gasteiger charge is -2.08. The van der Waals surface area contributed by atoms with Gasteiger partial charge >= 0.3 is 5.97 Å². The number of thiazole rings is 1. The van der Waals surface area contributed by atoms with Gasteiger partial charge in [-0.25, -0.2) is 9.78 Å². The van der Waals surface area contributed by atoms with Crippen molar-refractivity contribution in [1.82, 2.24) is 10.3 Å². The lowest BCUT2D eigenvalue weighted by atomic mass is 10.3. The van der Waals surface area contributed by atoms with Crippen molar-refractivity contribution >= 4 is 28.3 Å². The van der Waals surface area contributed by atoms with E-state index in [-0.39, 0.29) is 17.6 Å². The molecule has 0 spiro atoms. The van der Waals surface area contributed by atoms with Crippen LogP contribution in [0.1, 0.15) is 30.8 Å². The Balaban J connectivity index is 2.33. The minimum atomic E-state index is -0.461. The van der Waals surface area contributed by atoms with E-state index in [0.717, 1.165) is 0 Å². The van der Waals surface area contributed by atoms with Crippen molar-refractivity contribution in [2.45, 2.75) is 26.3 Å². The van der Waals surface area contributed by atoms with E-state index in [4.69, 9.17) is 0 Å². The Hall–Kier alpha value is -1.63. The van der Waals surface area contributed by atoms with Crippen LogP contribution in [-0.4, -0.2) is 36.6 Å². The third-order valence-corrected chi connectivity index (χ3v) is 2.78. The average Bonchev–Trinajstić information content (AvgIpc) is 2.75. The summed E-state index contributed by atoms with van der Waals surface area (Å²) in [6, 6.07) is 0.142. The molecule has 0 bridgehead atoms. The standard InChI is InChI=1S/C11H17N3O3S/c1-7(2)13-9(15)4-5-12-11-14-8(6-18-11)10(16)17-3/h6-7H,4-5H2,1-3H3,(H,12,14)(H,13,15). The van der Waals surface area contributed by atoms with Crippen molar-refractivity contribution in [1.29, 1.82) is 0 Å². The Labute approximate surface area is 110 Å². The molecular formula is C11H17N3O3S. The number of carbonyl (C=O) groups is 2. The molecule has 1 rings (SSSR count). The quantitative estimate of drug-likeness (QED) is 0.761. The summed E-state index contributed by atoms with van der Waals surface area (Å²) in [4.78, 5) is 26.6. The van der Waals surface area contributed by atoms with Gasteiger partial charge in [-0.2, -0.15) is 0 Å². The fourth-order valence-electron chi connectivity index (χ4n) is 1.23. The molecule has 0 radical (unpaired) electrons. The molecule has 7 heteroatoms. The number of amides is 1.